The quantitative estimate of drug-likeness (QED) is 0.528. The Balaban J connectivity index is 1.35. The molecule has 0 fully saturated rings. The molecule has 1 amide bonds. The first-order chi connectivity index (χ1) is 15.7. The molecule has 0 saturated heterocycles. The fourth-order valence-corrected chi connectivity index (χ4v) is 3.94. The van der Waals surface area contributed by atoms with Crippen LogP contribution in [-0.2, 0) is 19.5 Å². The monoisotopic (exact) mass is 425 g/mol. The predicted molar refractivity (Wildman–Crippen MR) is 123 cm³/mol. The van der Waals surface area contributed by atoms with Crippen LogP contribution in [-0.4, -0.2) is 25.2 Å². The third-order valence-electron chi connectivity index (χ3n) is 5.60. The highest BCUT2D eigenvalue weighted by atomic mass is 16.2. The Hall–Kier alpha value is -4.00. The minimum absolute atomic E-state index is 0.184. The van der Waals surface area contributed by atoms with E-state index in [9.17, 15) is 9.59 Å². The van der Waals surface area contributed by atoms with E-state index in [-0.39, 0.29) is 17.2 Å². The van der Waals surface area contributed by atoms with Crippen LogP contribution in [0.5, 0.6) is 0 Å². The topological polar surface area (TPSA) is 81.8 Å². The number of imidazole rings is 1. The third kappa shape index (κ3) is 4.23. The molecule has 0 atom stereocenters. The summed E-state index contributed by atoms with van der Waals surface area (Å²) in [6.07, 6.45) is 5.43. The van der Waals surface area contributed by atoms with E-state index in [4.69, 9.17) is 4.98 Å². The van der Waals surface area contributed by atoms with Crippen molar-refractivity contribution in [1.82, 2.24) is 19.3 Å². The molecular weight excluding hydrogens is 402 g/mol. The summed E-state index contributed by atoms with van der Waals surface area (Å²) in [6, 6.07) is 20.0. The molecule has 32 heavy (non-hydrogen) atoms. The number of amides is 1. The third-order valence-corrected chi connectivity index (χ3v) is 5.60. The second-order valence-electron chi connectivity index (χ2n) is 7.93. The van der Waals surface area contributed by atoms with Crippen LogP contribution in [0.4, 0.5) is 5.69 Å². The largest absolute Gasteiger partial charge is 0.334 e. The lowest BCUT2D eigenvalue weighted by Crippen LogP contribution is -2.26. The molecule has 0 spiro atoms. The molecule has 2 aromatic carbocycles. The van der Waals surface area contributed by atoms with Crippen LogP contribution in [0.1, 0.15) is 34.7 Å². The Labute approximate surface area is 185 Å². The molecule has 0 aliphatic carbocycles. The molecule has 0 saturated carbocycles. The Kier molecular flexibility index (Phi) is 5.37. The summed E-state index contributed by atoms with van der Waals surface area (Å²) in [5.41, 5.74) is 3.38. The Morgan fingerprint density at radius 2 is 1.88 bits per heavy atom. The van der Waals surface area contributed by atoms with E-state index in [1.165, 1.54) is 29.7 Å². The molecule has 1 N–H and O–H groups in total. The normalized spacial score (nSPS) is 12.9. The number of hydrogen-bond donors (Lipinski definition) is 1. The highest BCUT2D eigenvalue weighted by molar-refractivity contribution is 6.03. The smallest absolute Gasteiger partial charge is 0.276 e. The van der Waals surface area contributed by atoms with Gasteiger partial charge in [-0.3, -0.25) is 9.59 Å². The summed E-state index contributed by atoms with van der Waals surface area (Å²) in [5, 5.41) is 7.15. The molecule has 7 heteroatoms. The standard InChI is InChI=1S/C25H23N5O2/c31-24-13-12-21(28-30(24)16-18-7-2-1-3-8-18)25(32)26-20-10-6-9-19(15-20)22-17-29-14-5-4-11-23(29)27-22/h1-3,6-10,12-13,15,17H,4-5,11,14,16H2,(H,26,32). The van der Waals surface area contributed by atoms with E-state index in [0.717, 1.165) is 35.6 Å². The number of carbonyl (C=O) groups excluding carboxylic acids is 1. The summed E-state index contributed by atoms with van der Waals surface area (Å²) < 4.78 is 3.51. The van der Waals surface area contributed by atoms with Crippen LogP contribution in [0, 0.1) is 0 Å². The zero-order valence-electron chi connectivity index (χ0n) is 17.6. The first-order valence-corrected chi connectivity index (χ1v) is 10.8. The van der Waals surface area contributed by atoms with E-state index >= 15 is 0 Å². The van der Waals surface area contributed by atoms with E-state index < -0.39 is 0 Å². The fraction of sp³-hybridized carbons (Fsp3) is 0.200. The summed E-state index contributed by atoms with van der Waals surface area (Å²) in [6.45, 7) is 1.31. The highest BCUT2D eigenvalue weighted by Gasteiger charge is 2.15. The number of nitrogens with one attached hydrogen (secondary N) is 1. The SMILES string of the molecule is O=C(Nc1cccc(-c2cn3c(n2)CCCC3)c1)c1ccc(=O)n(Cc2ccccc2)n1. The highest BCUT2D eigenvalue weighted by Crippen LogP contribution is 2.25. The molecule has 2 aromatic heterocycles. The number of benzene rings is 2. The number of aromatic nitrogens is 4. The first-order valence-electron chi connectivity index (χ1n) is 10.8. The van der Waals surface area contributed by atoms with E-state index in [2.05, 4.69) is 21.2 Å². The van der Waals surface area contributed by atoms with E-state index in [1.54, 1.807) is 0 Å². The number of aryl methyl sites for hydroxylation is 2. The minimum atomic E-state index is -0.368. The van der Waals surface area contributed by atoms with Crippen molar-refractivity contribution in [2.75, 3.05) is 5.32 Å². The average Bonchev–Trinajstić information content (AvgIpc) is 3.26. The molecule has 3 heterocycles. The van der Waals surface area contributed by atoms with Gasteiger partial charge in [0, 0.05) is 36.5 Å². The Bertz CT molecular complexity index is 1300. The van der Waals surface area contributed by atoms with Crippen LogP contribution in [0.25, 0.3) is 11.3 Å². The molecule has 1 aliphatic rings. The Morgan fingerprint density at radius 3 is 2.72 bits per heavy atom. The van der Waals surface area contributed by atoms with Gasteiger partial charge in [0.05, 0.1) is 12.2 Å². The predicted octanol–water partition coefficient (Wildman–Crippen LogP) is 3.74. The average molecular weight is 425 g/mol. The maximum Gasteiger partial charge on any atom is 0.276 e. The van der Waals surface area contributed by atoms with Crippen molar-refractivity contribution in [3.63, 3.8) is 0 Å². The van der Waals surface area contributed by atoms with E-state index in [1.807, 2.05) is 54.6 Å². The van der Waals surface area contributed by atoms with Gasteiger partial charge in [-0.25, -0.2) is 9.67 Å². The first kappa shape index (κ1) is 19.9. The summed E-state index contributed by atoms with van der Waals surface area (Å²) >= 11 is 0. The lowest BCUT2D eigenvalue weighted by atomic mass is 10.1. The molecule has 1 aliphatic heterocycles. The van der Waals surface area contributed by atoms with Crippen molar-refractivity contribution in [2.24, 2.45) is 0 Å². The van der Waals surface area contributed by atoms with Gasteiger partial charge in [0.15, 0.2) is 0 Å². The van der Waals surface area contributed by atoms with Crippen LogP contribution in [0.3, 0.4) is 0 Å². The van der Waals surface area contributed by atoms with Crippen molar-refractivity contribution in [1.29, 1.82) is 0 Å². The number of nitrogens with zero attached hydrogens (tertiary/aromatic N) is 4. The van der Waals surface area contributed by atoms with Gasteiger partial charge in [-0.15, -0.1) is 0 Å². The maximum absolute atomic E-state index is 12.8. The summed E-state index contributed by atoms with van der Waals surface area (Å²) in [7, 11) is 0. The molecule has 0 radical (unpaired) electrons. The fourth-order valence-electron chi connectivity index (χ4n) is 3.94. The van der Waals surface area contributed by atoms with Gasteiger partial charge in [-0.1, -0.05) is 42.5 Å². The van der Waals surface area contributed by atoms with Gasteiger partial charge in [0.25, 0.3) is 11.5 Å². The zero-order chi connectivity index (χ0) is 21.9. The van der Waals surface area contributed by atoms with Gasteiger partial charge in [-0.2, -0.15) is 5.10 Å². The van der Waals surface area contributed by atoms with Crippen LogP contribution < -0.4 is 10.9 Å². The second kappa shape index (κ2) is 8.63. The van der Waals surface area contributed by atoms with Crippen molar-refractivity contribution in [3.05, 3.63) is 100 Å². The lowest BCUT2D eigenvalue weighted by Gasteiger charge is -2.11. The molecule has 4 aromatic rings. The molecule has 7 nitrogen and oxygen atoms in total. The van der Waals surface area contributed by atoms with Gasteiger partial charge in [0.2, 0.25) is 0 Å². The molecular formula is C25H23N5O2. The molecule has 0 bridgehead atoms. The zero-order valence-corrected chi connectivity index (χ0v) is 17.6. The van der Waals surface area contributed by atoms with Crippen molar-refractivity contribution in [3.8, 4) is 11.3 Å². The summed E-state index contributed by atoms with van der Waals surface area (Å²) in [5.74, 6) is 0.749. The molecule has 5 rings (SSSR count). The number of fused-ring (bicyclic) bond motifs is 1. The van der Waals surface area contributed by atoms with Crippen LogP contribution in [0.15, 0.2) is 77.7 Å². The van der Waals surface area contributed by atoms with Gasteiger partial charge >= 0.3 is 0 Å². The number of carbonyl (C=O) groups is 1. The van der Waals surface area contributed by atoms with Crippen molar-refractivity contribution < 1.29 is 4.79 Å². The summed E-state index contributed by atoms with van der Waals surface area (Å²) in [4.78, 5) is 29.8. The van der Waals surface area contributed by atoms with Crippen LogP contribution >= 0.6 is 0 Å². The van der Waals surface area contributed by atoms with Crippen LogP contribution in [0.2, 0.25) is 0 Å². The van der Waals surface area contributed by atoms with E-state index in [0.29, 0.717) is 12.2 Å². The second-order valence-corrected chi connectivity index (χ2v) is 7.93. The van der Waals surface area contributed by atoms with Gasteiger partial charge in [-0.05, 0) is 36.6 Å². The maximum atomic E-state index is 12.8. The van der Waals surface area contributed by atoms with Gasteiger partial charge in [0.1, 0.15) is 11.5 Å². The number of hydrogen-bond acceptors (Lipinski definition) is 4. The van der Waals surface area contributed by atoms with Gasteiger partial charge < -0.3 is 9.88 Å². The molecule has 160 valence electrons. The van der Waals surface area contributed by atoms with Crippen molar-refractivity contribution >= 4 is 11.6 Å². The Morgan fingerprint density at radius 1 is 1.00 bits per heavy atom. The molecule has 0 unspecified atom stereocenters. The number of rotatable bonds is 5. The number of anilines is 1. The minimum Gasteiger partial charge on any atom is -0.334 e. The lowest BCUT2D eigenvalue weighted by molar-refractivity contribution is 0.102. The van der Waals surface area contributed by atoms with Crippen molar-refractivity contribution in [2.45, 2.75) is 32.4 Å².